The molecule has 2 aromatic rings. The van der Waals surface area contributed by atoms with Crippen molar-refractivity contribution in [1.29, 1.82) is 0 Å². The molecule has 2 rings (SSSR count). The molecule has 0 saturated carbocycles. The van der Waals surface area contributed by atoms with Crippen LogP contribution in [0.15, 0.2) is 30.3 Å². The van der Waals surface area contributed by atoms with Gasteiger partial charge in [0.25, 0.3) is 0 Å². The number of nitrogens with one attached hydrogen (secondary N) is 1. The Hall–Kier alpha value is -2.23. The van der Waals surface area contributed by atoms with E-state index >= 15 is 0 Å². The molecule has 0 atom stereocenters. The zero-order valence-corrected chi connectivity index (χ0v) is 11.3. The average molecular weight is 260 g/mol. The van der Waals surface area contributed by atoms with Crippen LogP contribution >= 0.6 is 0 Å². The second-order valence-corrected chi connectivity index (χ2v) is 4.50. The molecule has 4 heteroatoms. The number of ether oxygens (including phenoxy) is 1. The molecular formula is C15H17FN2O. The molecule has 3 N–H and O–H groups in total. The van der Waals surface area contributed by atoms with Crippen molar-refractivity contribution in [3.63, 3.8) is 0 Å². The summed E-state index contributed by atoms with van der Waals surface area (Å²) in [6.07, 6.45) is 0. The number of benzene rings is 2. The van der Waals surface area contributed by atoms with Crippen molar-refractivity contribution in [3.05, 3.63) is 47.3 Å². The van der Waals surface area contributed by atoms with Crippen molar-refractivity contribution in [2.75, 3.05) is 18.2 Å². The molecule has 0 saturated heterocycles. The highest BCUT2D eigenvalue weighted by molar-refractivity contribution is 5.74. The van der Waals surface area contributed by atoms with Gasteiger partial charge in [0.15, 0.2) is 11.6 Å². The number of hydrogen-bond donors (Lipinski definition) is 2. The zero-order chi connectivity index (χ0) is 14.0. The van der Waals surface area contributed by atoms with E-state index < -0.39 is 5.82 Å². The normalized spacial score (nSPS) is 10.3. The highest BCUT2D eigenvalue weighted by Gasteiger charge is 2.08. The van der Waals surface area contributed by atoms with Gasteiger partial charge in [0.1, 0.15) is 0 Å². The summed E-state index contributed by atoms with van der Waals surface area (Å²) in [5.74, 6) is -0.300. The molecule has 0 aliphatic carbocycles. The standard InChI is InChI=1S/C15H17FN2O/c1-9-4-5-11(6-10(9)2)18-14-8-15(19-3)12(16)7-13(14)17/h4-8,18H,17H2,1-3H3. The third-order valence-corrected chi connectivity index (χ3v) is 3.11. The molecule has 2 aromatic carbocycles. The van der Waals surface area contributed by atoms with E-state index in [0.717, 1.165) is 5.69 Å². The third kappa shape index (κ3) is 2.78. The molecule has 3 nitrogen and oxygen atoms in total. The molecule has 0 aromatic heterocycles. The van der Waals surface area contributed by atoms with Crippen LogP contribution < -0.4 is 15.8 Å². The monoisotopic (exact) mass is 260 g/mol. The molecule has 0 radical (unpaired) electrons. The summed E-state index contributed by atoms with van der Waals surface area (Å²) in [6, 6.07) is 8.80. The van der Waals surface area contributed by atoms with Gasteiger partial charge >= 0.3 is 0 Å². The fourth-order valence-electron chi connectivity index (χ4n) is 1.81. The zero-order valence-electron chi connectivity index (χ0n) is 11.3. The van der Waals surface area contributed by atoms with Gasteiger partial charge in [0, 0.05) is 17.8 Å². The third-order valence-electron chi connectivity index (χ3n) is 3.11. The lowest BCUT2D eigenvalue weighted by molar-refractivity contribution is 0.387. The topological polar surface area (TPSA) is 47.3 Å². The smallest absolute Gasteiger partial charge is 0.167 e. The molecule has 0 fully saturated rings. The number of aryl methyl sites for hydroxylation is 2. The predicted octanol–water partition coefficient (Wildman–Crippen LogP) is 3.78. The van der Waals surface area contributed by atoms with E-state index in [-0.39, 0.29) is 5.75 Å². The van der Waals surface area contributed by atoms with Crippen LogP contribution in [0.1, 0.15) is 11.1 Å². The predicted molar refractivity (Wildman–Crippen MR) is 76.6 cm³/mol. The fraction of sp³-hybridized carbons (Fsp3) is 0.200. The second kappa shape index (κ2) is 5.18. The van der Waals surface area contributed by atoms with E-state index in [1.165, 1.54) is 24.3 Å². The van der Waals surface area contributed by atoms with Gasteiger partial charge in [-0.2, -0.15) is 0 Å². The van der Waals surface area contributed by atoms with Crippen molar-refractivity contribution in [2.24, 2.45) is 0 Å². The van der Waals surface area contributed by atoms with Gasteiger partial charge in [-0.15, -0.1) is 0 Å². The van der Waals surface area contributed by atoms with Gasteiger partial charge < -0.3 is 15.8 Å². The Labute approximate surface area is 112 Å². The highest BCUT2D eigenvalue weighted by atomic mass is 19.1. The quantitative estimate of drug-likeness (QED) is 0.826. The molecule has 100 valence electrons. The minimum Gasteiger partial charge on any atom is -0.494 e. The van der Waals surface area contributed by atoms with Crippen molar-refractivity contribution in [1.82, 2.24) is 0 Å². The van der Waals surface area contributed by atoms with Gasteiger partial charge in [0.2, 0.25) is 0 Å². The van der Waals surface area contributed by atoms with Gasteiger partial charge in [-0.25, -0.2) is 4.39 Å². The van der Waals surface area contributed by atoms with E-state index in [0.29, 0.717) is 11.4 Å². The maximum atomic E-state index is 13.5. The molecule has 0 aliphatic rings. The van der Waals surface area contributed by atoms with Gasteiger partial charge in [0.05, 0.1) is 18.5 Å². The van der Waals surface area contributed by atoms with Gasteiger partial charge in [-0.1, -0.05) is 6.07 Å². The second-order valence-electron chi connectivity index (χ2n) is 4.50. The van der Waals surface area contributed by atoms with E-state index in [2.05, 4.69) is 5.32 Å². The van der Waals surface area contributed by atoms with E-state index in [1.54, 1.807) is 6.07 Å². The first-order chi connectivity index (χ1) is 9.01. The molecule has 0 amide bonds. The van der Waals surface area contributed by atoms with Crippen LogP contribution in [0.2, 0.25) is 0 Å². The van der Waals surface area contributed by atoms with E-state index in [1.807, 2.05) is 32.0 Å². The molecular weight excluding hydrogens is 243 g/mol. The highest BCUT2D eigenvalue weighted by Crippen LogP contribution is 2.30. The fourth-order valence-corrected chi connectivity index (χ4v) is 1.81. The molecule has 0 bridgehead atoms. The largest absolute Gasteiger partial charge is 0.494 e. The Bertz CT molecular complexity index is 611. The summed E-state index contributed by atoms with van der Waals surface area (Å²) in [5.41, 5.74) is 10.1. The van der Waals surface area contributed by atoms with Crippen molar-refractivity contribution >= 4 is 17.1 Å². The Morgan fingerprint density at radius 3 is 2.47 bits per heavy atom. The Kier molecular flexibility index (Phi) is 3.60. The van der Waals surface area contributed by atoms with Crippen LogP contribution in [-0.4, -0.2) is 7.11 Å². The first-order valence-electron chi connectivity index (χ1n) is 5.98. The number of anilines is 3. The molecule has 0 aliphatic heterocycles. The van der Waals surface area contributed by atoms with Crippen LogP contribution in [0.4, 0.5) is 21.5 Å². The minimum atomic E-state index is -0.467. The van der Waals surface area contributed by atoms with Crippen LogP contribution in [0.5, 0.6) is 5.75 Å². The SMILES string of the molecule is COc1cc(Nc2ccc(C)c(C)c2)c(N)cc1F. The van der Waals surface area contributed by atoms with E-state index in [4.69, 9.17) is 10.5 Å². The minimum absolute atomic E-state index is 0.167. The van der Waals surface area contributed by atoms with Crippen LogP contribution in [0.3, 0.4) is 0 Å². The summed E-state index contributed by atoms with van der Waals surface area (Å²) in [6.45, 7) is 4.09. The molecule has 0 heterocycles. The lowest BCUT2D eigenvalue weighted by atomic mass is 10.1. The van der Waals surface area contributed by atoms with Crippen molar-refractivity contribution < 1.29 is 9.13 Å². The summed E-state index contributed by atoms with van der Waals surface area (Å²) in [4.78, 5) is 0. The number of methoxy groups -OCH3 is 1. The Balaban J connectivity index is 2.34. The number of nitrogens with two attached hydrogens (primary N) is 1. The molecule has 0 spiro atoms. The van der Waals surface area contributed by atoms with Crippen LogP contribution in [0, 0.1) is 19.7 Å². The van der Waals surface area contributed by atoms with Gasteiger partial charge in [-0.3, -0.25) is 0 Å². The molecule has 0 unspecified atom stereocenters. The maximum absolute atomic E-state index is 13.5. The van der Waals surface area contributed by atoms with Gasteiger partial charge in [-0.05, 0) is 37.1 Å². The van der Waals surface area contributed by atoms with Crippen LogP contribution in [0.25, 0.3) is 0 Å². The van der Waals surface area contributed by atoms with E-state index in [9.17, 15) is 4.39 Å². The number of halogens is 1. The maximum Gasteiger partial charge on any atom is 0.167 e. The Morgan fingerprint density at radius 1 is 1.11 bits per heavy atom. The lowest BCUT2D eigenvalue weighted by Gasteiger charge is -2.13. The van der Waals surface area contributed by atoms with Crippen molar-refractivity contribution in [3.8, 4) is 5.75 Å². The van der Waals surface area contributed by atoms with Crippen molar-refractivity contribution in [2.45, 2.75) is 13.8 Å². The summed E-state index contributed by atoms with van der Waals surface area (Å²) >= 11 is 0. The Morgan fingerprint density at radius 2 is 1.84 bits per heavy atom. The number of hydrogen-bond acceptors (Lipinski definition) is 3. The number of rotatable bonds is 3. The average Bonchev–Trinajstić information content (AvgIpc) is 2.37. The van der Waals surface area contributed by atoms with Crippen LogP contribution in [-0.2, 0) is 0 Å². The first-order valence-corrected chi connectivity index (χ1v) is 5.98. The first kappa shape index (κ1) is 13.2. The number of nitrogen functional groups attached to an aromatic ring is 1. The molecule has 19 heavy (non-hydrogen) atoms. The summed E-state index contributed by atoms with van der Waals surface area (Å²) in [5, 5.41) is 3.17. The summed E-state index contributed by atoms with van der Waals surface area (Å²) in [7, 11) is 1.43. The summed E-state index contributed by atoms with van der Waals surface area (Å²) < 4.78 is 18.4. The lowest BCUT2D eigenvalue weighted by Crippen LogP contribution is -1.99.